The summed E-state index contributed by atoms with van der Waals surface area (Å²) in [7, 11) is 0. The molecule has 2 saturated carbocycles. The zero-order valence-corrected chi connectivity index (χ0v) is 13.6. The van der Waals surface area contributed by atoms with Crippen LogP contribution in [0.4, 0.5) is 0 Å². The Morgan fingerprint density at radius 1 is 1.33 bits per heavy atom. The second kappa shape index (κ2) is 5.26. The lowest BCUT2D eigenvalue weighted by Gasteiger charge is -2.30. The van der Waals surface area contributed by atoms with Gasteiger partial charge in [-0.05, 0) is 78.2 Å². The van der Waals surface area contributed by atoms with Crippen molar-refractivity contribution in [3.63, 3.8) is 0 Å². The molecule has 1 nitrogen and oxygen atoms in total. The van der Waals surface area contributed by atoms with Gasteiger partial charge in [-0.25, -0.2) is 0 Å². The third-order valence-corrected chi connectivity index (χ3v) is 7.04. The summed E-state index contributed by atoms with van der Waals surface area (Å²) in [5.74, 6) is 2.98. The second-order valence-corrected chi connectivity index (χ2v) is 7.95. The third-order valence-electron chi connectivity index (χ3n) is 4.99. The maximum atomic E-state index is 3.83. The van der Waals surface area contributed by atoms with Crippen molar-refractivity contribution in [1.29, 1.82) is 0 Å². The molecule has 3 heteroatoms. The SMILES string of the molecule is CC(NC(C)C1CC2CCC1C2)c1sccc1Br. The van der Waals surface area contributed by atoms with Gasteiger partial charge in [0.05, 0.1) is 0 Å². The fourth-order valence-electron chi connectivity index (χ4n) is 4.11. The molecular weight excluding hydrogens is 306 g/mol. The first kappa shape index (κ1) is 13.1. The van der Waals surface area contributed by atoms with E-state index in [1.54, 1.807) is 0 Å². The molecule has 2 aliphatic rings. The van der Waals surface area contributed by atoms with Gasteiger partial charge in [-0.2, -0.15) is 0 Å². The molecule has 3 rings (SSSR count). The number of rotatable bonds is 4. The average Bonchev–Trinajstić information content (AvgIpc) is 3.03. The summed E-state index contributed by atoms with van der Waals surface area (Å²) in [5, 5.41) is 6.00. The van der Waals surface area contributed by atoms with Crippen molar-refractivity contribution in [2.24, 2.45) is 17.8 Å². The lowest BCUT2D eigenvalue weighted by molar-refractivity contribution is 0.249. The predicted molar refractivity (Wildman–Crippen MR) is 82.0 cm³/mol. The van der Waals surface area contributed by atoms with Crippen molar-refractivity contribution in [2.45, 2.75) is 51.6 Å². The molecule has 100 valence electrons. The molecule has 0 amide bonds. The summed E-state index contributed by atoms with van der Waals surface area (Å²) in [4.78, 5) is 1.44. The van der Waals surface area contributed by atoms with Crippen LogP contribution in [0.5, 0.6) is 0 Å². The monoisotopic (exact) mass is 327 g/mol. The molecule has 1 aromatic rings. The van der Waals surface area contributed by atoms with Gasteiger partial charge in [0.1, 0.15) is 0 Å². The Morgan fingerprint density at radius 2 is 2.17 bits per heavy atom. The summed E-state index contributed by atoms with van der Waals surface area (Å²) in [6, 6.07) is 3.28. The van der Waals surface area contributed by atoms with E-state index in [0.717, 1.165) is 17.8 Å². The van der Waals surface area contributed by atoms with Crippen LogP contribution in [0.3, 0.4) is 0 Å². The Balaban J connectivity index is 1.61. The fourth-order valence-corrected chi connectivity index (χ4v) is 5.85. The van der Waals surface area contributed by atoms with Gasteiger partial charge < -0.3 is 5.32 Å². The highest BCUT2D eigenvalue weighted by Gasteiger charge is 2.41. The maximum absolute atomic E-state index is 3.83. The first-order valence-corrected chi connectivity index (χ1v) is 8.81. The molecule has 0 saturated heterocycles. The number of halogens is 1. The lowest BCUT2D eigenvalue weighted by atomic mass is 9.84. The van der Waals surface area contributed by atoms with E-state index in [2.05, 4.69) is 46.5 Å². The van der Waals surface area contributed by atoms with Gasteiger partial charge >= 0.3 is 0 Å². The van der Waals surface area contributed by atoms with Gasteiger partial charge in [0.2, 0.25) is 0 Å². The van der Waals surface area contributed by atoms with Crippen molar-refractivity contribution >= 4 is 27.3 Å². The van der Waals surface area contributed by atoms with Crippen LogP contribution in [0.15, 0.2) is 15.9 Å². The Morgan fingerprint density at radius 3 is 2.72 bits per heavy atom. The summed E-state index contributed by atoms with van der Waals surface area (Å²) in [6.07, 6.45) is 5.96. The van der Waals surface area contributed by atoms with Crippen LogP contribution in [0.2, 0.25) is 0 Å². The Labute approximate surface area is 122 Å². The van der Waals surface area contributed by atoms with E-state index in [-0.39, 0.29) is 0 Å². The molecule has 18 heavy (non-hydrogen) atoms. The highest BCUT2D eigenvalue weighted by atomic mass is 79.9. The Bertz CT molecular complexity index is 416. The minimum Gasteiger partial charge on any atom is -0.307 e. The zero-order chi connectivity index (χ0) is 12.7. The van der Waals surface area contributed by atoms with Crippen molar-refractivity contribution in [3.8, 4) is 0 Å². The van der Waals surface area contributed by atoms with E-state index in [9.17, 15) is 0 Å². The van der Waals surface area contributed by atoms with Crippen LogP contribution < -0.4 is 5.32 Å². The molecule has 1 N–H and O–H groups in total. The summed E-state index contributed by atoms with van der Waals surface area (Å²) in [6.45, 7) is 4.68. The topological polar surface area (TPSA) is 12.0 Å². The molecule has 2 aliphatic carbocycles. The molecule has 0 aromatic carbocycles. The van der Waals surface area contributed by atoms with Crippen LogP contribution in [0.25, 0.3) is 0 Å². The van der Waals surface area contributed by atoms with Gasteiger partial charge in [-0.1, -0.05) is 6.42 Å². The van der Waals surface area contributed by atoms with Crippen LogP contribution in [-0.4, -0.2) is 6.04 Å². The van der Waals surface area contributed by atoms with E-state index >= 15 is 0 Å². The van der Waals surface area contributed by atoms with Crippen LogP contribution >= 0.6 is 27.3 Å². The minimum absolute atomic E-state index is 0.466. The van der Waals surface area contributed by atoms with E-state index in [0.29, 0.717) is 12.1 Å². The van der Waals surface area contributed by atoms with E-state index in [4.69, 9.17) is 0 Å². The predicted octanol–water partition coefficient (Wildman–Crippen LogP) is 4.99. The molecule has 5 unspecified atom stereocenters. The number of nitrogens with one attached hydrogen (secondary N) is 1. The Kier molecular flexibility index (Phi) is 3.84. The smallest absolute Gasteiger partial charge is 0.0399 e. The minimum atomic E-state index is 0.466. The van der Waals surface area contributed by atoms with Crippen LogP contribution in [-0.2, 0) is 0 Å². The second-order valence-electron chi connectivity index (χ2n) is 6.15. The maximum Gasteiger partial charge on any atom is 0.0399 e. The lowest BCUT2D eigenvalue weighted by Crippen LogP contribution is -2.37. The van der Waals surface area contributed by atoms with E-state index in [1.807, 2.05) is 11.3 Å². The number of thiophene rings is 1. The number of fused-ring (bicyclic) bond motifs is 2. The van der Waals surface area contributed by atoms with Crippen LogP contribution in [0.1, 0.15) is 50.4 Å². The molecular formula is C15H22BrNS. The fraction of sp³-hybridized carbons (Fsp3) is 0.733. The first-order chi connectivity index (χ1) is 8.65. The molecule has 2 fully saturated rings. The van der Waals surface area contributed by atoms with Gasteiger partial charge in [-0.15, -0.1) is 11.3 Å². The number of hydrogen-bond acceptors (Lipinski definition) is 2. The summed E-state index contributed by atoms with van der Waals surface area (Å²) >= 11 is 5.49. The molecule has 0 aliphatic heterocycles. The van der Waals surface area contributed by atoms with Gasteiger partial charge in [0.15, 0.2) is 0 Å². The van der Waals surface area contributed by atoms with Crippen molar-refractivity contribution in [3.05, 3.63) is 20.8 Å². The highest BCUT2D eigenvalue weighted by molar-refractivity contribution is 9.10. The highest BCUT2D eigenvalue weighted by Crippen LogP contribution is 2.49. The normalized spacial score (nSPS) is 33.8. The quantitative estimate of drug-likeness (QED) is 0.821. The van der Waals surface area contributed by atoms with Crippen molar-refractivity contribution in [1.82, 2.24) is 5.32 Å². The van der Waals surface area contributed by atoms with Gasteiger partial charge in [-0.3, -0.25) is 0 Å². The summed E-state index contributed by atoms with van der Waals surface area (Å²) in [5.41, 5.74) is 0. The van der Waals surface area contributed by atoms with Crippen molar-refractivity contribution in [2.75, 3.05) is 0 Å². The molecule has 0 radical (unpaired) electrons. The molecule has 2 bridgehead atoms. The molecule has 1 aromatic heterocycles. The Hall–Kier alpha value is 0.140. The van der Waals surface area contributed by atoms with Gasteiger partial charge in [0.25, 0.3) is 0 Å². The molecule has 1 heterocycles. The standard InChI is InChI=1S/C15H22BrNS/c1-9(13-8-11-3-4-12(13)7-11)17-10(2)15-14(16)5-6-18-15/h5-6,9-13,17H,3-4,7-8H2,1-2H3. The van der Waals surface area contributed by atoms with E-state index < -0.39 is 0 Å². The van der Waals surface area contributed by atoms with E-state index in [1.165, 1.54) is 35.0 Å². The van der Waals surface area contributed by atoms with Crippen LogP contribution in [0, 0.1) is 17.8 Å². The molecule has 0 spiro atoms. The van der Waals surface area contributed by atoms with Crippen molar-refractivity contribution < 1.29 is 0 Å². The molecule has 5 atom stereocenters. The summed E-state index contributed by atoms with van der Waals surface area (Å²) < 4.78 is 1.26. The largest absolute Gasteiger partial charge is 0.307 e. The third kappa shape index (κ3) is 2.41. The van der Waals surface area contributed by atoms with Gasteiger partial charge in [0, 0.05) is 21.4 Å². The average molecular weight is 328 g/mol. The first-order valence-electron chi connectivity index (χ1n) is 7.14. The number of hydrogen-bond donors (Lipinski definition) is 1. The zero-order valence-electron chi connectivity index (χ0n) is 11.2.